The van der Waals surface area contributed by atoms with Crippen LogP contribution in [0, 0.1) is 5.92 Å². The van der Waals surface area contributed by atoms with Crippen molar-refractivity contribution < 1.29 is 14.3 Å². The van der Waals surface area contributed by atoms with E-state index in [9.17, 15) is 9.59 Å². The molecule has 0 spiro atoms. The highest BCUT2D eigenvalue weighted by Crippen LogP contribution is 2.20. The van der Waals surface area contributed by atoms with Gasteiger partial charge in [-0.2, -0.15) is 0 Å². The van der Waals surface area contributed by atoms with E-state index in [1.165, 1.54) is 7.11 Å². The van der Waals surface area contributed by atoms with Crippen molar-refractivity contribution in [3.63, 3.8) is 0 Å². The molecule has 0 fully saturated rings. The molecule has 0 aromatic carbocycles. The number of carbonyl (C=O) groups is 2. The normalized spacial score (nSPS) is 16.4. The molecule has 1 aromatic rings. The maximum atomic E-state index is 12.1. The number of hydrogen-bond donors (Lipinski definition) is 0. The first-order valence-electron chi connectivity index (χ1n) is 6.27. The number of aromatic nitrogens is 3. The fourth-order valence-electron chi connectivity index (χ4n) is 2.23. The van der Waals surface area contributed by atoms with E-state index in [-0.39, 0.29) is 18.4 Å². The second-order valence-electron chi connectivity index (χ2n) is 5.07. The molecule has 0 saturated heterocycles. The Morgan fingerprint density at radius 3 is 2.84 bits per heavy atom. The first-order valence-corrected chi connectivity index (χ1v) is 6.27. The molecular weight excluding hydrogens is 248 g/mol. The molecule has 1 amide bonds. The first-order chi connectivity index (χ1) is 9.02. The highest BCUT2D eigenvalue weighted by Gasteiger charge is 2.35. The number of ether oxygens (including phenoxy) is 1. The third-order valence-corrected chi connectivity index (χ3v) is 3.18. The minimum absolute atomic E-state index is 0.126. The van der Waals surface area contributed by atoms with Crippen LogP contribution in [0.1, 0.15) is 26.0 Å². The van der Waals surface area contributed by atoms with Crippen molar-refractivity contribution in [1.82, 2.24) is 19.9 Å². The van der Waals surface area contributed by atoms with Crippen molar-refractivity contribution >= 4 is 11.9 Å². The number of methoxy groups -OCH3 is 1. The highest BCUT2D eigenvalue weighted by atomic mass is 16.5. The molecule has 1 atom stereocenters. The summed E-state index contributed by atoms with van der Waals surface area (Å²) < 4.78 is 6.37. The Morgan fingerprint density at radius 2 is 2.21 bits per heavy atom. The smallest absolute Gasteiger partial charge is 0.328 e. The van der Waals surface area contributed by atoms with Gasteiger partial charge in [-0.15, -0.1) is 5.10 Å². The molecule has 2 heterocycles. The van der Waals surface area contributed by atoms with Crippen LogP contribution in [0.4, 0.5) is 0 Å². The van der Waals surface area contributed by atoms with Gasteiger partial charge in [0.1, 0.15) is 12.6 Å². The highest BCUT2D eigenvalue weighted by molar-refractivity contribution is 5.85. The molecule has 2 rings (SSSR count). The van der Waals surface area contributed by atoms with Crippen LogP contribution in [0.15, 0.2) is 6.20 Å². The number of hydrogen-bond acceptors (Lipinski definition) is 5. The first kappa shape index (κ1) is 13.5. The molecule has 1 aliphatic rings. The number of carbonyl (C=O) groups excluding carboxylic acids is 2. The van der Waals surface area contributed by atoms with E-state index in [4.69, 9.17) is 4.74 Å². The van der Waals surface area contributed by atoms with Crippen LogP contribution in [0.3, 0.4) is 0 Å². The van der Waals surface area contributed by atoms with Crippen molar-refractivity contribution in [1.29, 1.82) is 0 Å². The van der Waals surface area contributed by atoms with E-state index in [2.05, 4.69) is 10.3 Å². The summed E-state index contributed by atoms with van der Waals surface area (Å²) in [4.78, 5) is 25.6. The molecular formula is C12H18N4O3. The van der Waals surface area contributed by atoms with Gasteiger partial charge < -0.3 is 9.64 Å². The Balaban J connectivity index is 2.22. The summed E-state index contributed by atoms with van der Waals surface area (Å²) in [5.74, 6) is -0.209. The SMILES string of the molecule is COC(=O)[C@H](CC(C)C)N1Cc2cnnn2CC1=O. The Labute approximate surface area is 111 Å². The number of rotatable bonds is 4. The summed E-state index contributed by atoms with van der Waals surface area (Å²) in [5.41, 5.74) is 0.831. The molecule has 0 saturated carbocycles. The molecule has 0 N–H and O–H groups in total. The van der Waals surface area contributed by atoms with Crippen LogP contribution in [0.25, 0.3) is 0 Å². The van der Waals surface area contributed by atoms with Gasteiger partial charge in [0.2, 0.25) is 5.91 Å². The van der Waals surface area contributed by atoms with Gasteiger partial charge in [-0.05, 0) is 12.3 Å². The summed E-state index contributed by atoms with van der Waals surface area (Å²) >= 11 is 0. The minimum atomic E-state index is -0.541. The Hall–Kier alpha value is -1.92. The van der Waals surface area contributed by atoms with Crippen LogP contribution < -0.4 is 0 Å². The molecule has 7 nitrogen and oxygen atoms in total. The summed E-state index contributed by atoms with van der Waals surface area (Å²) in [5, 5.41) is 7.61. The molecule has 0 bridgehead atoms. The second kappa shape index (κ2) is 5.38. The molecule has 104 valence electrons. The van der Waals surface area contributed by atoms with Gasteiger partial charge in [-0.25, -0.2) is 9.48 Å². The quantitative estimate of drug-likeness (QED) is 0.728. The van der Waals surface area contributed by atoms with Crippen LogP contribution in [-0.2, 0) is 27.4 Å². The van der Waals surface area contributed by atoms with E-state index in [1.807, 2.05) is 13.8 Å². The number of nitrogens with zero attached hydrogens (tertiary/aromatic N) is 4. The summed E-state index contributed by atoms with van der Waals surface area (Å²) in [6.07, 6.45) is 2.20. The molecule has 19 heavy (non-hydrogen) atoms. The molecule has 0 radical (unpaired) electrons. The van der Waals surface area contributed by atoms with Gasteiger partial charge in [0, 0.05) is 0 Å². The molecule has 7 heteroatoms. The zero-order valence-corrected chi connectivity index (χ0v) is 11.4. The van der Waals surface area contributed by atoms with Crippen LogP contribution in [-0.4, -0.2) is 44.9 Å². The zero-order chi connectivity index (χ0) is 14.0. The Morgan fingerprint density at radius 1 is 1.47 bits per heavy atom. The standard InChI is InChI=1S/C12H18N4O3/c1-8(2)4-10(12(18)19-3)15-6-9-5-13-14-16(9)7-11(15)17/h5,8,10H,4,6-7H2,1-3H3/t10-/m0/s1. The average molecular weight is 266 g/mol. The van der Waals surface area contributed by atoms with E-state index in [0.717, 1.165) is 5.69 Å². The maximum absolute atomic E-state index is 12.1. The molecule has 0 aliphatic carbocycles. The lowest BCUT2D eigenvalue weighted by Gasteiger charge is -2.33. The lowest BCUT2D eigenvalue weighted by molar-refractivity contribution is -0.155. The van der Waals surface area contributed by atoms with Gasteiger partial charge in [-0.3, -0.25) is 4.79 Å². The summed E-state index contributed by atoms with van der Waals surface area (Å²) in [7, 11) is 1.34. The summed E-state index contributed by atoms with van der Waals surface area (Å²) in [6.45, 7) is 4.49. The van der Waals surface area contributed by atoms with E-state index >= 15 is 0 Å². The van der Waals surface area contributed by atoms with Gasteiger partial charge >= 0.3 is 5.97 Å². The third-order valence-electron chi connectivity index (χ3n) is 3.18. The third kappa shape index (κ3) is 2.74. The van der Waals surface area contributed by atoms with Gasteiger partial charge in [0.15, 0.2) is 0 Å². The lowest BCUT2D eigenvalue weighted by Crippen LogP contribution is -2.49. The van der Waals surface area contributed by atoms with Crippen molar-refractivity contribution in [3.8, 4) is 0 Å². The van der Waals surface area contributed by atoms with Crippen molar-refractivity contribution in [2.45, 2.75) is 39.4 Å². The predicted molar refractivity (Wildman–Crippen MR) is 65.8 cm³/mol. The monoisotopic (exact) mass is 266 g/mol. The van der Waals surface area contributed by atoms with Crippen LogP contribution >= 0.6 is 0 Å². The molecule has 1 aromatic heterocycles. The van der Waals surface area contributed by atoms with E-state index in [0.29, 0.717) is 18.9 Å². The number of esters is 1. The van der Waals surface area contributed by atoms with Crippen molar-refractivity contribution in [2.75, 3.05) is 7.11 Å². The summed E-state index contributed by atoms with van der Waals surface area (Å²) in [6, 6.07) is -0.541. The fourth-order valence-corrected chi connectivity index (χ4v) is 2.23. The molecule has 0 unspecified atom stereocenters. The van der Waals surface area contributed by atoms with Gasteiger partial charge in [0.05, 0.1) is 25.5 Å². The second-order valence-corrected chi connectivity index (χ2v) is 5.07. The number of fused-ring (bicyclic) bond motifs is 1. The van der Waals surface area contributed by atoms with Crippen molar-refractivity contribution in [3.05, 3.63) is 11.9 Å². The molecule has 1 aliphatic heterocycles. The fraction of sp³-hybridized carbons (Fsp3) is 0.667. The van der Waals surface area contributed by atoms with Gasteiger partial charge in [0.25, 0.3) is 0 Å². The predicted octanol–water partition coefficient (Wildman–Crippen LogP) is 0.208. The average Bonchev–Trinajstić information content (AvgIpc) is 2.81. The Kier molecular flexibility index (Phi) is 3.82. The minimum Gasteiger partial charge on any atom is -0.467 e. The van der Waals surface area contributed by atoms with Crippen LogP contribution in [0.5, 0.6) is 0 Å². The van der Waals surface area contributed by atoms with E-state index in [1.54, 1.807) is 15.8 Å². The number of amides is 1. The largest absolute Gasteiger partial charge is 0.467 e. The topological polar surface area (TPSA) is 77.3 Å². The van der Waals surface area contributed by atoms with Crippen molar-refractivity contribution in [2.24, 2.45) is 5.92 Å². The van der Waals surface area contributed by atoms with Crippen LogP contribution in [0.2, 0.25) is 0 Å². The Bertz CT molecular complexity index is 483. The maximum Gasteiger partial charge on any atom is 0.328 e. The van der Waals surface area contributed by atoms with E-state index < -0.39 is 6.04 Å². The zero-order valence-electron chi connectivity index (χ0n) is 11.4. The lowest BCUT2D eigenvalue weighted by atomic mass is 10.0. The van der Waals surface area contributed by atoms with Gasteiger partial charge in [-0.1, -0.05) is 19.1 Å².